The van der Waals surface area contributed by atoms with Crippen molar-refractivity contribution in [3.05, 3.63) is 53.1 Å². The van der Waals surface area contributed by atoms with Crippen LogP contribution in [-0.4, -0.2) is 18.2 Å². The van der Waals surface area contributed by atoms with Gasteiger partial charge in [-0.2, -0.15) is 0 Å². The van der Waals surface area contributed by atoms with Gasteiger partial charge in [0.2, 0.25) is 0 Å². The zero-order valence-corrected chi connectivity index (χ0v) is 11.7. The predicted molar refractivity (Wildman–Crippen MR) is 75.0 cm³/mol. The number of phenols is 1. The van der Waals surface area contributed by atoms with E-state index >= 15 is 0 Å². The number of ether oxygens (including phenoxy) is 1. The van der Waals surface area contributed by atoms with Gasteiger partial charge in [-0.25, -0.2) is 4.79 Å². The summed E-state index contributed by atoms with van der Waals surface area (Å²) < 4.78 is 4.61. The standard InChI is InChI=1S/C14H11ClO3S/c1-18-14(17)12-8-11(6-7-13(12)16)19-10-4-2-9(15)3-5-10/h2-8,16H,1H3. The minimum absolute atomic E-state index is 0.0905. The number of hydrogen-bond acceptors (Lipinski definition) is 4. The maximum atomic E-state index is 11.5. The second-order valence-corrected chi connectivity index (χ2v) is 5.31. The molecule has 98 valence electrons. The highest BCUT2D eigenvalue weighted by Crippen LogP contribution is 2.31. The molecule has 0 radical (unpaired) electrons. The fourth-order valence-corrected chi connectivity index (χ4v) is 2.47. The van der Waals surface area contributed by atoms with Crippen LogP contribution < -0.4 is 0 Å². The number of carbonyl (C=O) groups is 1. The molecule has 0 amide bonds. The molecule has 0 unspecified atom stereocenters. The quantitative estimate of drug-likeness (QED) is 0.870. The molecule has 0 spiro atoms. The Morgan fingerprint density at radius 2 is 1.79 bits per heavy atom. The summed E-state index contributed by atoms with van der Waals surface area (Å²) in [6.45, 7) is 0. The van der Waals surface area contributed by atoms with E-state index in [0.717, 1.165) is 9.79 Å². The molecule has 0 aromatic heterocycles. The van der Waals surface area contributed by atoms with Crippen molar-refractivity contribution in [1.29, 1.82) is 0 Å². The highest BCUT2D eigenvalue weighted by Gasteiger charge is 2.12. The van der Waals surface area contributed by atoms with E-state index in [4.69, 9.17) is 11.6 Å². The Hall–Kier alpha value is -1.65. The third kappa shape index (κ3) is 3.43. The topological polar surface area (TPSA) is 46.5 Å². The number of halogens is 1. The molecular weight excluding hydrogens is 284 g/mol. The lowest BCUT2D eigenvalue weighted by molar-refractivity contribution is 0.0597. The van der Waals surface area contributed by atoms with Crippen molar-refractivity contribution < 1.29 is 14.6 Å². The monoisotopic (exact) mass is 294 g/mol. The van der Waals surface area contributed by atoms with Gasteiger partial charge in [0.05, 0.1) is 7.11 Å². The van der Waals surface area contributed by atoms with Gasteiger partial charge in [-0.05, 0) is 42.5 Å². The number of benzene rings is 2. The Kier molecular flexibility index (Phi) is 4.35. The third-order valence-electron chi connectivity index (χ3n) is 2.42. The van der Waals surface area contributed by atoms with Crippen molar-refractivity contribution in [3.63, 3.8) is 0 Å². The number of rotatable bonds is 3. The minimum Gasteiger partial charge on any atom is -0.507 e. The Balaban J connectivity index is 2.26. The predicted octanol–water partition coefficient (Wildman–Crippen LogP) is 3.98. The third-order valence-corrected chi connectivity index (χ3v) is 3.67. The normalized spacial score (nSPS) is 10.2. The zero-order valence-electron chi connectivity index (χ0n) is 10.1. The Morgan fingerprint density at radius 1 is 1.16 bits per heavy atom. The van der Waals surface area contributed by atoms with Crippen molar-refractivity contribution in [2.75, 3.05) is 7.11 Å². The van der Waals surface area contributed by atoms with E-state index in [1.807, 2.05) is 12.1 Å². The number of carbonyl (C=O) groups excluding carboxylic acids is 1. The van der Waals surface area contributed by atoms with E-state index in [1.54, 1.807) is 24.3 Å². The molecule has 0 bridgehead atoms. The lowest BCUT2D eigenvalue weighted by Crippen LogP contribution is -2.01. The molecule has 0 fully saturated rings. The first-order valence-corrected chi connectivity index (χ1v) is 6.64. The van der Waals surface area contributed by atoms with Crippen LogP contribution in [0.15, 0.2) is 52.3 Å². The lowest BCUT2D eigenvalue weighted by atomic mass is 10.2. The van der Waals surface area contributed by atoms with Gasteiger partial charge >= 0.3 is 5.97 Å². The average Bonchev–Trinajstić information content (AvgIpc) is 2.42. The van der Waals surface area contributed by atoms with Crippen LogP contribution in [0.3, 0.4) is 0 Å². The van der Waals surface area contributed by atoms with Crippen LogP contribution in [0.1, 0.15) is 10.4 Å². The molecule has 0 aliphatic heterocycles. The smallest absolute Gasteiger partial charge is 0.341 e. The molecule has 0 saturated heterocycles. The van der Waals surface area contributed by atoms with Gasteiger partial charge in [0.25, 0.3) is 0 Å². The largest absolute Gasteiger partial charge is 0.507 e. The van der Waals surface area contributed by atoms with Crippen LogP contribution in [0.5, 0.6) is 5.75 Å². The second-order valence-electron chi connectivity index (χ2n) is 3.73. The maximum absolute atomic E-state index is 11.5. The molecular formula is C14H11ClO3S. The van der Waals surface area contributed by atoms with E-state index in [2.05, 4.69) is 4.74 Å². The first-order chi connectivity index (χ1) is 9.10. The number of esters is 1. The molecule has 0 aliphatic rings. The molecule has 5 heteroatoms. The summed E-state index contributed by atoms with van der Waals surface area (Å²) in [6, 6.07) is 12.2. The summed E-state index contributed by atoms with van der Waals surface area (Å²) in [5, 5.41) is 10.3. The van der Waals surface area contributed by atoms with Gasteiger partial charge in [0.1, 0.15) is 11.3 Å². The zero-order chi connectivity index (χ0) is 13.8. The van der Waals surface area contributed by atoms with Crippen LogP contribution in [0.4, 0.5) is 0 Å². The van der Waals surface area contributed by atoms with Crippen LogP contribution in [0.2, 0.25) is 5.02 Å². The summed E-state index contributed by atoms with van der Waals surface area (Å²) in [5.74, 6) is -0.650. The molecule has 19 heavy (non-hydrogen) atoms. The first kappa shape index (κ1) is 13.8. The first-order valence-electron chi connectivity index (χ1n) is 5.45. The molecule has 0 aliphatic carbocycles. The highest BCUT2D eigenvalue weighted by molar-refractivity contribution is 7.99. The lowest BCUT2D eigenvalue weighted by Gasteiger charge is -2.06. The highest BCUT2D eigenvalue weighted by atomic mass is 35.5. The van der Waals surface area contributed by atoms with Crippen LogP contribution in [0.25, 0.3) is 0 Å². The van der Waals surface area contributed by atoms with E-state index in [0.29, 0.717) is 5.02 Å². The average molecular weight is 295 g/mol. The van der Waals surface area contributed by atoms with Gasteiger partial charge in [0, 0.05) is 14.8 Å². The SMILES string of the molecule is COC(=O)c1cc(Sc2ccc(Cl)cc2)ccc1O. The summed E-state index contributed by atoms with van der Waals surface area (Å²) in [4.78, 5) is 13.3. The van der Waals surface area contributed by atoms with Gasteiger partial charge in [0.15, 0.2) is 0 Å². The van der Waals surface area contributed by atoms with E-state index in [-0.39, 0.29) is 11.3 Å². The van der Waals surface area contributed by atoms with Gasteiger partial charge in [-0.1, -0.05) is 23.4 Å². The second kappa shape index (κ2) is 5.99. The molecule has 3 nitrogen and oxygen atoms in total. The van der Waals surface area contributed by atoms with Gasteiger partial charge < -0.3 is 9.84 Å². The van der Waals surface area contributed by atoms with Crippen molar-refractivity contribution in [2.24, 2.45) is 0 Å². The molecule has 0 atom stereocenters. The molecule has 2 aromatic carbocycles. The molecule has 1 N–H and O–H groups in total. The number of hydrogen-bond donors (Lipinski definition) is 1. The fraction of sp³-hybridized carbons (Fsp3) is 0.0714. The minimum atomic E-state index is -0.559. The van der Waals surface area contributed by atoms with Crippen molar-refractivity contribution >= 4 is 29.3 Å². The Bertz CT molecular complexity index is 596. The summed E-state index contributed by atoms with van der Waals surface area (Å²) >= 11 is 7.29. The van der Waals surface area contributed by atoms with Crippen LogP contribution in [-0.2, 0) is 4.74 Å². The molecule has 2 rings (SSSR count). The molecule has 0 heterocycles. The Labute approximate surface area is 120 Å². The van der Waals surface area contributed by atoms with Gasteiger partial charge in [-0.3, -0.25) is 0 Å². The Morgan fingerprint density at radius 3 is 2.42 bits per heavy atom. The van der Waals surface area contributed by atoms with E-state index in [1.165, 1.54) is 24.9 Å². The maximum Gasteiger partial charge on any atom is 0.341 e. The molecule has 0 saturated carbocycles. The van der Waals surface area contributed by atoms with Crippen LogP contribution in [0, 0.1) is 0 Å². The van der Waals surface area contributed by atoms with Crippen molar-refractivity contribution in [3.8, 4) is 5.75 Å². The molecule has 2 aromatic rings. The number of phenolic OH excluding ortho intramolecular Hbond substituents is 1. The van der Waals surface area contributed by atoms with Crippen LogP contribution >= 0.6 is 23.4 Å². The summed E-state index contributed by atoms with van der Waals surface area (Å²) in [5.41, 5.74) is 0.154. The van der Waals surface area contributed by atoms with E-state index in [9.17, 15) is 9.90 Å². The fourth-order valence-electron chi connectivity index (χ4n) is 1.49. The number of methoxy groups -OCH3 is 1. The van der Waals surface area contributed by atoms with Crippen molar-refractivity contribution in [1.82, 2.24) is 0 Å². The van der Waals surface area contributed by atoms with Gasteiger partial charge in [-0.15, -0.1) is 0 Å². The number of aromatic hydroxyl groups is 1. The summed E-state index contributed by atoms with van der Waals surface area (Å²) in [6.07, 6.45) is 0. The van der Waals surface area contributed by atoms with Crippen molar-refractivity contribution in [2.45, 2.75) is 9.79 Å². The summed E-state index contributed by atoms with van der Waals surface area (Å²) in [7, 11) is 1.28. The van der Waals surface area contributed by atoms with E-state index < -0.39 is 5.97 Å².